The van der Waals surface area contributed by atoms with E-state index in [4.69, 9.17) is 5.11 Å². The van der Waals surface area contributed by atoms with Crippen LogP contribution in [0.4, 0.5) is 5.69 Å². The highest BCUT2D eigenvalue weighted by molar-refractivity contribution is 5.48. The average molecular weight is 235 g/mol. The molecule has 2 rings (SSSR count). The first-order valence-electron chi connectivity index (χ1n) is 6.42. The molecule has 1 atom stereocenters. The Kier molecular flexibility index (Phi) is 4.40. The van der Waals surface area contributed by atoms with Crippen LogP contribution in [0.5, 0.6) is 0 Å². The van der Waals surface area contributed by atoms with Gasteiger partial charge in [0.25, 0.3) is 0 Å². The van der Waals surface area contributed by atoms with Crippen molar-refractivity contribution in [1.82, 2.24) is 0 Å². The lowest BCUT2D eigenvalue weighted by molar-refractivity contribution is 0.220. The normalized spacial score (nSPS) is 17.4. The molecule has 1 aliphatic rings. The van der Waals surface area contributed by atoms with Gasteiger partial charge in [-0.3, -0.25) is 0 Å². The van der Waals surface area contributed by atoms with Gasteiger partial charge in [0, 0.05) is 31.3 Å². The molecule has 2 N–H and O–H groups in total. The van der Waals surface area contributed by atoms with Gasteiger partial charge in [-0.2, -0.15) is 0 Å². The summed E-state index contributed by atoms with van der Waals surface area (Å²) in [6.45, 7) is 2.53. The second kappa shape index (κ2) is 6.03. The molecular formula is C14H21NO2. The number of hydrogen-bond donors (Lipinski definition) is 2. The van der Waals surface area contributed by atoms with Crippen LogP contribution in [0.25, 0.3) is 0 Å². The van der Waals surface area contributed by atoms with Crippen LogP contribution < -0.4 is 4.90 Å². The number of aliphatic hydroxyl groups is 2. The third-order valence-electron chi connectivity index (χ3n) is 3.53. The lowest BCUT2D eigenvalue weighted by Gasteiger charge is -2.19. The summed E-state index contributed by atoms with van der Waals surface area (Å²) in [5.41, 5.74) is 2.39. The number of benzene rings is 1. The van der Waals surface area contributed by atoms with Gasteiger partial charge in [-0.15, -0.1) is 0 Å². The van der Waals surface area contributed by atoms with E-state index in [0.29, 0.717) is 6.42 Å². The maximum absolute atomic E-state index is 9.27. The van der Waals surface area contributed by atoms with Crippen molar-refractivity contribution in [2.75, 3.05) is 31.2 Å². The van der Waals surface area contributed by atoms with Crippen LogP contribution in [0.1, 0.15) is 30.7 Å². The minimum atomic E-state index is 0.0626. The van der Waals surface area contributed by atoms with Gasteiger partial charge in [0.15, 0.2) is 0 Å². The molecule has 0 aromatic heterocycles. The van der Waals surface area contributed by atoms with E-state index in [-0.39, 0.29) is 19.1 Å². The van der Waals surface area contributed by atoms with Crippen molar-refractivity contribution in [3.05, 3.63) is 29.8 Å². The SMILES string of the molecule is OCCC(CO)c1ccc(N2CCCC2)cc1. The predicted octanol–water partition coefficient (Wildman–Crippen LogP) is 1.75. The number of nitrogens with zero attached hydrogens (tertiary/aromatic N) is 1. The highest BCUT2D eigenvalue weighted by atomic mass is 16.3. The third kappa shape index (κ3) is 2.99. The molecule has 0 amide bonds. The van der Waals surface area contributed by atoms with Crippen molar-refractivity contribution in [2.45, 2.75) is 25.2 Å². The largest absolute Gasteiger partial charge is 0.396 e. The van der Waals surface area contributed by atoms with Crippen molar-refractivity contribution >= 4 is 5.69 Å². The summed E-state index contributed by atoms with van der Waals surface area (Å²) in [5, 5.41) is 18.2. The molecular weight excluding hydrogens is 214 g/mol. The molecule has 3 nitrogen and oxygen atoms in total. The van der Waals surface area contributed by atoms with Gasteiger partial charge in [-0.05, 0) is 37.0 Å². The van der Waals surface area contributed by atoms with Gasteiger partial charge in [0.05, 0.1) is 6.61 Å². The van der Waals surface area contributed by atoms with Gasteiger partial charge < -0.3 is 15.1 Å². The molecule has 1 aliphatic heterocycles. The van der Waals surface area contributed by atoms with Gasteiger partial charge in [0.2, 0.25) is 0 Å². The molecule has 1 unspecified atom stereocenters. The van der Waals surface area contributed by atoms with Crippen LogP contribution >= 0.6 is 0 Å². The number of anilines is 1. The highest BCUT2D eigenvalue weighted by Gasteiger charge is 2.13. The van der Waals surface area contributed by atoms with E-state index < -0.39 is 0 Å². The van der Waals surface area contributed by atoms with Crippen LogP contribution in [0.15, 0.2) is 24.3 Å². The van der Waals surface area contributed by atoms with Gasteiger partial charge in [0.1, 0.15) is 0 Å². The monoisotopic (exact) mass is 235 g/mol. The summed E-state index contributed by atoms with van der Waals surface area (Å²) in [5.74, 6) is 0.0626. The summed E-state index contributed by atoms with van der Waals surface area (Å²) in [6.07, 6.45) is 3.19. The second-order valence-corrected chi connectivity index (χ2v) is 4.68. The molecule has 94 valence electrons. The molecule has 0 spiro atoms. The summed E-state index contributed by atoms with van der Waals surface area (Å²) < 4.78 is 0. The van der Waals surface area contributed by atoms with E-state index in [2.05, 4.69) is 29.2 Å². The number of hydrogen-bond acceptors (Lipinski definition) is 3. The zero-order chi connectivity index (χ0) is 12.1. The summed E-state index contributed by atoms with van der Waals surface area (Å²) in [4.78, 5) is 2.39. The van der Waals surface area contributed by atoms with Crippen LogP contribution in [0.2, 0.25) is 0 Å². The summed E-state index contributed by atoms with van der Waals surface area (Å²) >= 11 is 0. The van der Waals surface area contributed by atoms with Crippen LogP contribution in [-0.2, 0) is 0 Å². The number of aliphatic hydroxyl groups excluding tert-OH is 2. The maximum atomic E-state index is 9.27. The quantitative estimate of drug-likeness (QED) is 0.817. The van der Waals surface area contributed by atoms with Crippen molar-refractivity contribution in [3.63, 3.8) is 0 Å². The Morgan fingerprint density at radius 3 is 2.24 bits per heavy atom. The molecule has 1 fully saturated rings. The minimum Gasteiger partial charge on any atom is -0.396 e. The molecule has 17 heavy (non-hydrogen) atoms. The number of rotatable bonds is 5. The Morgan fingerprint density at radius 1 is 1.06 bits per heavy atom. The molecule has 1 saturated heterocycles. The minimum absolute atomic E-state index is 0.0626. The predicted molar refractivity (Wildman–Crippen MR) is 69.4 cm³/mol. The second-order valence-electron chi connectivity index (χ2n) is 4.68. The van der Waals surface area contributed by atoms with E-state index in [9.17, 15) is 5.11 Å². The Balaban J connectivity index is 2.05. The van der Waals surface area contributed by atoms with Crippen molar-refractivity contribution in [3.8, 4) is 0 Å². The van der Waals surface area contributed by atoms with E-state index in [1.54, 1.807) is 0 Å². The first-order chi connectivity index (χ1) is 8.35. The summed E-state index contributed by atoms with van der Waals surface area (Å²) in [6, 6.07) is 8.40. The van der Waals surface area contributed by atoms with E-state index in [0.717, 1.165) is 18.7 Å². The lowest BCUT2D eigenvalue weighted by Crippen LogP contribution is -2.17. The Bertz CT molecular complexity index is 331. The maximum Gasteiger partial charge on any atom is 0.0500 e. The summed E-state index contributed by atoms with van der Waals surface area (Å²) in [7, 11) is 0. The topological polar surface area (TPSA) is 43.7 Å². The lowest BCUT2D eigenvalue weighted by atomic mass is 9.97. The Hall–Kier alpha value is -1.06. The van der Waals surface area contributed by atoms with Gasteiger partial charge in [-0.1, -0.05) is 12.1 Å². The zero-order valence-electron chi connectivity index (χ0n) is 10.2. The van der Waals surface area contributed by atoms with Gasteiger partial charge >= 0.3 is 0 Å². The molecule has 0 bridgehead atoms. The first kappa shape index (κ1) is 12.4. The molecule has 3 heteroatoms. The van der Waals surface area contributed by atoms with E-state index in [1.165, 1.54) is 18.5 Å². The Morgan fingerprint density at radius 2 is 1.71 bits per heavy atom. The molecule has 1 aromatic rings. The van der Waals surface area contributed by atoms with Crippen molar-refractivity contribution in [2.24, 2.45) is 0 Å². The van der Waals surface area contributed by atoms with Crippen LogP contribution in [-0.4, -0.2) is 36.5 Å². The fourth-order valence-corrected chi connectivity index (χ4v) is 2.45. The zero-order valence-corrected chi connectivity index (χ0v) is 10.2. The molecule has 0 radical (unpaired) electrons. The Labute approximate surface area is 103 Å². The van der Waals surface area contributed by atoms with E-state index >= 15 is 0 Å². The molecule has 1 heterocycles. The fraction of sp³-hybridized carbons (Fsp3) is 0.571. The molecule has 0 saturated carbocycles. The standard InChI is InChI=1S/C14H21NO2/c16-10-7-13(11-17)12-3-5-14(6-4-12)15-8-1-2-9-15/h3-6,13,16-17H,1-2,7-11H2. The first-order valence-corrected chi connectivity index (χ1v) is 6.42. The van der Waals surface area contributed by atoms with Crippen LogP contribution in [0, 0.1) is 0 Å². The van der Waals surface area contributed by atoms with Gasteiger partial charge in [-0.25, -0.2) is 0 Å². The fourth-order valence-electron chi connectivity index (χ4n) is 2.45. The smallest absolute Gasteiger partial charge is 0.0500 e. The average Bonchev–Trinajstić information content (AvgIpc) is 2.90. The van der Waals surface area contributed by atoms with E-state index in [1.807, 2.05) is 0 Å². The highest BCUT2D eigenvalue weighted by Crippen LogP contribution is 2.24. The van der Waals surface area contributed by atoms with Crippen LogP contribution in [0.3, 0.4) is 0 Å². The third-order valence-corrected chi connectivity index (χ3v) is 3.53. The molecule has 0 aliphatic carbocycles. The molecule has 1 aromatic carbocycles. The van der Waals surface area contributed by atoms with Crippen molar-refractivity contribution in [1.29, 1.82) is 0 Å². The van der Waals surface area contributed by atoms with Crippen molar-refractivity contribution < 1.29 is 10.2 Å².